The van der Waals surface area contributed by atoms with E-state index >= 15 is 0 Å². The topological polar surface area (TPSA) is 93.7 Å². The number of nitrogens with one attached hydrogen (secondary N) is 2. The molecule has 2 N–H and O–H groups in total. The van der Waals surface area contributed by atoms with Crippen molar-refractivity contribution < 1.29 is 23.9 Å². The fourth-order valence-electron chi connectivity index (χ4n) is 1.85. The molecule has 1 aliphatic heterocycles. The van der Waals surface area contributed by atoms with E-state index in [1.54, 1.807) is 12.1 Å². The molecule has 116 valence electrons. The summed E-state index contributed by atoms with van der Waals surface area (Å²) < 4.78 is 11.3. The number of amides is 4. The van der Waals surface area contributed by atoms with E-state index in [1.165, 1.54) is 13.2 Å². The van der Waals surface area contributed by atoms with Crippen LogP contribution in [0, 0.1) is 0 Å². The number of barbiturate groups is 1. The lowest BCUT2D eigenvalue weighted by molar-refractivity contribution is -0.123. The Balaban J connectivity index is 2.44. The summed E-state index contributed by atoms with van der Waals surface area (Å²) in [6.07, 6.45) is 1.36. The first kappa shape index (κ1) is 16.0. The van der Waals surface area contributed by atoms with Gasteiger partial charge in [-0.1, -0.05) is 15.9 Å². The Kier molecular flexibility index (Phi) is 4.81. The van der Waals surface area contributed by atoms with Gasteiger partial charge < -0.3 is 9.47 Å². The number of halogens is 1. The smallest absolute Gasteiger partial charge is 0.328 e. The molecule has 22 heavy (non-hydrogen) atoms. The first-order valence-electron chi connectivity index (χ1n) is 6.35. The fourth-order valence-corrected chi connectivity index (χ4v) is 2.29. The number of benzene rings is 1. The second kappa shape index (κ2) is 6.61. The molecule has 0 saturated carbocycles. The molecular formula is C14H13BrN2O5. The number of urea groups is 1. The van der Waals surface area contributed by atoms with Gasteiger partial charge in [-0.15, -0.1) is 0 Å². The van der Waals surface area contributed by atoms with Crippen LogP contribution in [0.5, 0.6) is 11.5 Å². The van der Waals surface area contributed by atoms with Gasteiger partial charge in [0.25, 0.3) is 11.8 Å². The summed E-state index contributed by atoms with van der Waals surface area (Å²) in [5.74, 6) is -0.515. The van der Waals surface area contributed by atoms with Gasteiger partial charge in [-0.2, -0.15) is 0 Å². The maximum atomic E-state index is 11.7. The standard InChI is InChI=1S/C14H13BrN2O5/c1-3-22-11-6-9(15)7(5-10(11)21-2)4-8-12(18)16-14(20)17-13(8)19/h4-6H,3H2,1-2H3,(H2,16,17,18,19,20). The van der Waals surface area contributed by atoms with Crippen molar-refractivity contribution in [2.24, 2.45) is 0 Å². The predicted octanol–water partition coefficient (Wildman–Crippen LogP) is 1.61. The average molecular weight is 369 g/mol. The highest BCUT2D eigenvalue weighted by Gasteiger charge is 2.28. The third-order valence-corrected chi connectivity index (χ3v) is 3.51. The molecule has 0 unspecified atom stereocenters. The van der Waals surface area contributed by atoms with Crippen molar-refractivity contribution in [2.75, 3.05) is 13.7 Å². The number of carbonyl (C=O) groups is 3. The van der Waals surface area contributed by atoms with Gasteiger partial charge >= 0.3 is 6.03 Å². The predicted molar refractivity (Wildman–Crippen MR) is 81.5 cm³/mol. The zero-order valence-electron chi connectivity index (χ0n) is 11.9. The largest absolute Gasteiger partial charge is 0.493 e. The normalized spacial score (nSPS) is 14.3. The van der Waals surface area contributed by atoms with Crippen LogP contribution in [-0.2, 0) is 9.59 Å². The third kappa shape index (κ3) is 3.28. The average Bonchev–Trinajstić information content (AvgIpc) is 2.45. The Labute approximate surface area is 134 Å². The lowest BCUT2D eigenvalue weighted by atomic mass is 10.1. The Morgan fingerprint density at radius 2 is 1.77 bits per heavy atom. The summed E-state index contributed by atoms with van der Waals surface area (Å²) >= 11 is 3.35. The Bertz CT molecular complexity index is 662. The van der Waals surface area contributed by atoms with Gasteiger partial charge in [0.2, 0.25) is 0 Å². The molecule has 2 rings (SSSR count). The molecule has 1 fully saturated rings. The van der Waals surface area contributed by atoms with E-state index in [1.807, 2.05) is 17.6 Å². The van der Waals surface area contributed by atoms with Crippen LogP contribution in [0.1, 0.15) is 12.5 Å². The quantitative estimate of drug-likeness (QED) is 0.621. The Morgan fingerprint density at radius 3 is 2.32 bits per heavy atom. The molecule has 0 atom stereocenters. The van der Waals surface area contributed by atoms with E-state index in [2.05, 4.69) is 15.9 Å². The number of ether oxygens (including phenoxy) is 2. The number of imide groups is 2. The van der Waals surface area contributed by atoms with Crippen LogP contribution < -0.4 is 20.1 Å². The molecule has 1 heterocycles. The van der Waals surface area contributed by atoms with Gasteiger partial charge in [0.1, 0.15) is 5.57 Å². The van der Waals surface area contributed by atoms with Crippen molar-refractivity contribution in [1.82, 2.24) is 10.6 Å². The summed E-state index contributed by atoms with van der Waals surface area (Å²) in [5.41, 5.74) is 0.362. The Hall–Kier alpha value is -2.35. The second-order valence-electron chi connectivity index (χ2n) is 4.25. The minimum absolute atomic E-state index is 0.175. The molecule has 1 aromatic rings. The summed E-state index contributed by atoms with van der Waals surface area (Å²) in [4.78, 5) is 34.5. The van der Waals surface area contributed by atoms with Gasteiger partial charge in [0, 0.05) is 4.47 Å². The summed E-state index contributed by atoms with van der Waals surface area (Å²) in [7, 11) is 1.49. The molecule has 0 bridgehead atoms. The summed E-state index contributed by atoms with van der Waals surface area (Å²) in [5, 5.41) is 4.02. The van der Waals surface area contributed by atoms with Crippen molar-refractivity contribution in [2.45, 2.75) is 6.92 Å². The molecule has 8 heteroatoms. The highest BCUT2D eigenvalue weighted by Crippen LogP contribution is 2.34. The van der Waals surface area contributed by atoms with Crippen LogP contribution in [0.25, 0.3) is 6.08 Å². The lowest BCUT2D eigenvalue weighted by Crippen LogP contribution is -2.51. The fraction of sp³-hybridized carbons (Fsp3) is 0.214. The molecule has 0 radical (unpaired) electrons. The second-order valence-corrected chi connectivity index (χ2v) is 5.11. The SMILES string of the molecule is CCOc1cc(Br)c(C=C2C(=O)NC(=O)NC2=O)cc1OC. The first-order valence-corrected chi connectivity index (χ1v) is 7.14. The Morgan fingerprint density at radius 1 is 1.14 bits per heavy atom. The van der Waals surface area contributed by atoms with Crippen LogP contribution in [0.4, 0.5) is 4.79 Å². The highest BCUT2D eigenvalue weighted by atomic mass is 79.9. The molecule has 7 nitrogen and oxygen atoms in total. The molecule has 1 aromatic carbocycles. The molecule has 4 amide bonds. The number of methoxy groups -OCH3 is 1. The molecule has 1 saturated heterocycles. The molecule has 0 spiro atoms. The van der Waals surface area contributed by atoms with Crippen molar-refractivity contribution in [3.63, 3.8) is 0 Å². The van der Waals surface area contributed by atoms with E-state index in [0.717, 1.165) is 0 Å². The van der Waals surface area contributed by atoms with E-state index in [9.17, 15) is 14.4 Å². The van der Waals surface area contributed by atoms with E-state index in [-0.39, 0.29) is 5.57 Å². The van der Waals surface area contributed by atoms with Gasteiger partial charge in [-0.25, -0.2) is 4.79 Å². The first-order chi connectivity index (χ1) is 10.5. The number of rotatable bonds is 4. The zero-order chi connectivity index (χ0) is 16.3. The van der Waals surface area contributed by atoms with E-state index in [4.69, 9.17) is 9.47 Å². The number of hydrogen-bond donors (Lipinski definition) is 2. The van der Waals surface area contributed by atoms with Crippen LogP contribution in [0.3, 0.4) is 0 Å². The number of hydrogen-bond acceptors (Lipinski definition) is 5. The monoisotopic (exact) mass is 368 g/mol. The molecular weight excluding hydrogens is 356 g/mol. The van der Waals surface area contributed by atoms with Gasteiger partial charge in [0.15, 0.2) is 11.5 Å². The van der Waals surface area contributed by atoms with Crippen molar-refractivity contribution in [3.8, 4) is 11.5 Å². The molecule has 1 aliphatic rings. The van der Waals surface area contributed by atoms with Gasteiger partial charge in [-0.3, -0.25) is 20.2 Å². The van der Waals surface area contributed by atoms with Crippen molar-refractivity contribution >= 4 is 39.9 Å². The van der Waals surface area contributed by atoms with Gasteiger partial charge in [-0.05, 0) is 30.7 Å². The van der Waals surface area contributed by atoms with Crippen molar-refractivity contribution in [3.05, 3.63) is 27.7 Å². The minimum atomic E-state index is -0.838. The van der Waals surface area contributed by atoms with Gasteiger partial charge in [0.05, 0.1) is 13.7 Å². The van der Waals surface area contributed by atoms with Crippen LogP contribution in [-0.4, -0.2) is 31.6 Å². The van der Waals surface area contributed by atoms with Crippen LogP contribution in [0.2, 0.25) is 0 Å². The third-order valence-electron chi connectivity index (χ3n) is 2.83. The minimum Gasteiger partial charge on any atom is -0.493 e. The summed E-state index contributed by atoms with van der Waals surface area (Å²) in [6, 6.07) is 2.47. The lowest BCUT2D eigenvalue weighted by Gasteiger charge is -2.15. The van der Waals surface area contributed by atoms with Crippen molar-refractivity contribution in [1.29, 1.82) is 0 Å². The maximum absolute atomic E-state index is 11.7. The van der Waals surface area contributed by atoms with Crippen LogP contribution in [0.15, 0.2) is 22.2 Å². The van der Waals surface area contributed by atoms with E-state index < -0.39 is 17.8 Å². The summed E-state index contributed by atoms with van der Waals surface area (Å²) in [6.45, 7) is 2.31. The molecule has 0 aliphatic carbocycles. The van der Waals surface area contributed by atoms with E-state index in [0.29, 0.717) is 28.1 Å². The van der Waals surface area contributed by atoms with Crippen LogP contribution >= 0.6 is 15.9 Å². The number of carbonyl (C=O) groups excluding carboxylic acids is 3. The zero-order valence-corrected chi connectivity index (χ0v) is 13.4. The highest BCUT2D eigenvalue weighted by molar-refractivity contribution is 9.10. The molecule has 0 aromatic heterocycles. The maximum Gasteiger partial charge on any atom is 0.328 e.